The van der Waals surface area contributed by atoms with Crippen molar-refractivity contribution in [2.45, 2.75) is 30.2 Å². The second kappa shape index (κ2) is 6.08. The lowest BCUT2D eigenvalue weighted by molar-refractivity contribution is 0.0696. The first-order valence-corrected chi connectivity index (χ1v) is 7.99. The zero-order valence-corrected chi connectivity index (χ0v) is 11.9. The van der Waals surface area contributed by atoms with Gasteiger partial charge in [-0.3, -0.25) is 0 Å². The Bertz CT molecular complexity index is 646. The highest BCUT2D eigenvalue weighted by atomic mass is 32.2. The van der Waals surface area contributed by atoms with Crippen LogP contribution < -0.4 is 4.72 Å². The topological polar surface area (TPSA) is 104 Å². The average molecular weight is 317 g/mol. The van der Waals surface area contributed by atoms with Crippen LogP contribution >= 0.6 is 0 Å². The van der Waals surface area contributed by atoms with E-state index in [4.69, 9.17) is 5.11 Å². The fourth-order valence-electron chi connectivity index (χ4n) is 2.52. The van der Waals surface area contributed by atoms with Crippen LogP contribution in [0.3, 0.4) is 0 Å². The molecule has 0 amide bonds. The summed E-state index contributed by atoms with van der Waals surface area (Å²) in [7, 11) is -4.17. The van der Waals surface area contributed by atoms with Gasteiger partial charge in [-0.25, -0.2) is 22.3 Å². The highest BCUT2D eigenvalue weighted by Gasteiger charge is 2.32. The Hall–Kier alpha value is -1.51. The lowest BCUT2D eigenvalue weighted by Gasteiger charge is -2.19. The molecule has 1 aromatic rings. The number of hydrogen-bond donors (Lipinski definition) is 3. The number of carboxylic acid groups (broad SMARTS) is 1. The van der Waals surface area contributed by atoms with E-state index < -0.39 is 32.7 Å². The van der Waals surface area contributed by atoms with E-state index in [1.54, 1.807) is 0 Å². The van der Waals surface area contributed by atoms with Gasteiger partial charge in [0, 0.05) is 12.6 Å². The highest BCUT2D eigenvalue weighted by molar-refractivity contribution is 7.89. The maximum Gasteiger partial charge on any atom is 0.335 e. The molecule has 116 valence electrons. The minimum atomic E-state index is -4.17. The van der Waals surface area contributed by atoms with Crippen LogP contribution in [0.2, 0.25) is 0 Å². The third-order valence-electron chi connectivity index (χ3n) is 3.67. The highest BCUT2D eigenvalue weighted by Crippen LogP contribution is 2.27. The van der Waals surface area contributed by atoms with Gasteiger partial charge < -0.3 is 10.2 Å². The van der Waals surface area contributed by atoms with Gasteiger partial charge in [0.25, 0.3) is 0 Å². The van der Waals surface area contributed by atoms with E-state index in [0.717, 1.165) is 24.6 Å². The molecule has 21 heavy (non-hydrogen) atoms. The Morgan fingerprint density at radius 3 is 2.71 bits per heavy atom. The van der Waals surface area contributed by atoms with Crippen molar-refractivity contribution in [3.8, 4) is 0 Å². The van der Waals surface area contributed by atoms with Crippen LogP contribution in [0, 0.1) is 11.7 Å². The van der Waals surface area contributed by atoms with Gasteiger partial charge in [-0.15, -0.1) is 0 Å². The smallest absolute Gasteiger partial charge is 0.335 e. The van der Waals surface area contributed by atoms with E-state index in [9.17, 15) is 22.7 Å². The van der Waals surface area contributed by atoms with Gasteiger partial charge in [0.05, 0.1) is 5.56 Å². The summed E-state index contributed by atoms with van der Waals surface area (Å²) < 4.78 is 40.5. The third kappa shape index (κ3) is 3.39. The molecular weight excluding hydrogens is 301 g/mol. The number of nitrogens with one attached hydrogen (secondary N) is 1. The Morgan fingerprint density at radius 2 is 2.10 bits per heavy atom. The molecule has 0 aromatic heterocycles. The molecule has 0 radical (unpaired) electrons. The molecule has 1 aliphatic carbocycles. The van der Waals surface area contributed by atoms with Crippen molar-refractivity contribution in [2.75, 3.05) is 6.61 Å². The second-order valence-corrected chi connectivity index (χ2v) is 6.73. The minimum Gasteiger partial charge on any atom is -0.478 e. The Kier molecular flexibility index (Phi) is 4.60. The van der Waals surface area contributed by atoms with Crippen molar-refractivity contribution in [3.05, 3.63) is 29.6 Å². The van der Waals surface area contributed by atoms with E-state index in [2.05, 4.69) is 4.72 Å². The summed E-state index contributed by atoms with van der Waals surface area (Å²) in [6.07, 6.45) is 2.03. The summed E-state index contributed by atoms with van der Waals surface area (Å²) in [6, 6.07) is 2.15. The normalized spacial score (nSPS) is 22.4. The van der Waals surface area contributed by atoms with Gasteiger partial charge in [0.1, 0.15) is 10.7 Å². The summed E-state index contributed by atoms with van der Waals surface area (Å²) in [6.45, 7) is -0.148. The summed E-state index contributed by atoms with van der Waals surface area (Å²) >= 11 is 0. The van der Waals surface area contributed by atoms with Crippen LogP contribution in [0.25, 0.3) is 0 Å². The molecule has 0 aliphatic heterocycles. The predicted molar refractivity (Wildman–Crippen MR) is 71.9 cm³/mol. The molecule has 3 N–H and O–H groups in total. The van der Waals surface area contributed by atoms with E-state index >= 15 is 0 Å². The van der Waals surface area contributed by atoms with Crippen molar-refractivity contribution >= 4 is 16.0 Å². The first-order valence-electron chi connectivity index (χ1n) is 6.51. The van der Waals surface area contributed by atoms with Crippen molar-refractivity contribution in [3.63, 3.8) is 0 Å². The van der Waals surface area contributed by atoms with Gasteiger partial charge in [0.15, 0.2) is 0 Å². The van der Waals surface area contributed by atoms with E-state index in [1.807, 2.05) is 0 Å². The summed E-state index contributed by atoms with van der Waals surface area (Å²) in [4.78, 5) is 10.2. The molecule has 0 spiro atoms. The lowest BCUT2D eigenvalue weighted by atomic mass is 10.1. The summed E-state index contributed by atoms with van der Waals surface area (Å²) in [5, 5.41) is 18.0. The number of aliphatic hydroxyl groups is 1. The number of aliphatic hydroxyl groups excluding tert-OH is 1. The summed E-state index contributed by atoms with van der Waals surface area (Å²) in [5.41, 5.74) is -0.304. The molecule has 6 nitrogen and oxygen atoms in total. The van der Waals surface area contributed by atoms with Crippen LogP contribution in [-0.4, -0.2) is 37.2 Å². The van der Waals surface area contributed by atoms with E-state index in [-0.39, 0.29) is 18.1 Å². The second-order valence-electron chi connectivity index (χ2n) is 5.05. The number of carboxylic acids is 1. The van der Waals surface area contributed by atoms with Gasteiger partial charge in [-0.2, -0.15) is 0 Å². The number of carbonyl (C=O) groups is 1. The lowest BCUT2D eigenvalue weighted by Crippen LogP contribution is -2.38. The number of halogens is 1. The monoisotopic (exact) mass is 317 g/mol. The van der Waals surface area contributed by atoms with E-state index in [0.29, 0.717) is 12.8 Å². The number of benzene rings is 1. The van der Waals surface area contributed by atoms with Crippen LogP contribution in [0.5, 0.6) is 0 Å². The van der Waals surface area contributed by atoms with E-state index in [1.165, 1.54) is 0 Å². The maximum absolute atomic E-state index is 13.7. The minimum absolute atomic E-state index is 0.148. The van der Waals surface area contributed by atoms with Gasteiger partial charge >= 0.3 is 5.97 Å². The Labute approximate surface area is 121 Å². The van der Waals surface area contributed by atoms with Crippen molar-refractivity contribution in [1.82, 2.24) is 4.72 Å². The Balaban J connectivity index is 2.31. The average Bonchev–Trinajstić information content (AvgIpc) is 2.85. The molecule has 1 saturated carbocycles. The molecule has 2 unspecified atom stereocenters. The van der Waals surface area contributed by atoms with Crippen molar-refractivity contribution < 1.29 is 27.8 Å². The zero-order valence-electron chi connectivity index (χ0n) is 11.1. The number of sulfonamides is 1. The SMILES string of the molecule is O=C(O)c1ccc(F)c(S(=O)(=O)NC2CCCC2CO)c1. The number of rotatable bonds is 5. The molecule has 1 aliphatic rings. The molecule has 8 heteroatoms. The first kappa shape index (κ1) is 15.9. The van der Waals surface area contributed by atoms with Gasteiger partial charge in [-0.05, 0) is 37.0 Å². The fourth-order valence-corrected chi connectivity index (χ4v) is 3.96. The standard InChI is InChI=1S/C13H16FNO5S/c14-10-5-4-8(13(17)18)6-12(10)21(19,20)15-11-3-1-2-9(11)7-16/h4-6,9,11,15-16H,1-3,7H2,(H,17,18). The van der Waals surface area contributed by atoms with Crippen molar-refractivity contribution in [2.24, 2.45) is 5.92 Å². The fraction of sp³-hybridized carbons (Fsp3) is 0.462. The number of hydrogen-bond acceptors (Lipinski definition) is 4. The van der Waals surface area contributed by atoms with Crippen LogP contribution in [0.15, 0.2) is 23.1 Å². The predicted octanol–water partition coefficient (Wildman–Crippen LogP) is 0.963. The molecule has 1 aromatic carbocycles. The largest absolute Gasteiger partial charge is 0.478 e. The molecule has 2 atom stereocenters. The molecule has 0 bridgehead atoms. The van der Waals surface area contributed by atoms with Crippen LogP contribution in [-0.2, 0) is 10.0 Å². The first-order chi connectivity index (χ1) is 9.85. The molecule has 0 saturated heterocycles. The maximum atomic E-state index is 13.7. The van der Waals surface area contributed by atoms with Gasteiger partial charge in [0.2, 0.25) is 10.0 Å². The Morgan fingerprint density at radius 1 is 1.38 bits per heavy atom. The molecule has 2 rings (SSSR count). The zero-order chi connectivity index (χ0) is 15.6. The number of aromatic carboxylic acids is 1. The quantitative estimate of drug-likeness (QED) is 0.750. The van der Waals surface area contributed by atoms with Crippen molar-refractivity contribution in [1.29, 1.82) is 0 Å². The third-order valence-corrected chi connectivity index (χ3v) is 5.17. The van der Waals surface area contributed by atoms with Crippen LogP contribution in [0.4, 0.5) is 4.39 Å². The molecule has 0 heterocycles. The summed E-state index contributed by atoms with van der Waals surface area (Å²) in [5.74, 6) is -2.54. The molecular formula is C13H16FNO5S. The molecule has 1 fully saturated rings. The van der Waals surface area contributed by atoms with Gasteiger partial charge in [-0.1, -0.05) is 6.42 Å². The van der Waals surface area contributed by atoms with Crippen LogP contribution in [0.1, 0.15) is 29.6 Å².